The molecule has 1 N–H and O–H groups in total. The Labute approximate surface area is 187 Å². The van der Waals surface area contributed by atoms with Gasteiger partial charge in [0.2, 0.25) is 0 Å². The van der Waals surface area contributed by atoms with Gasteiger partial charge < -0.3 is 14.6 Å². The van der Waals surface area contributed by atoms with Crippen LogP contribution in [-0.2, 0) is 0 Å². The zero-order valence-electron chi connectivity index (χ0n) is 18.6. The van der Waals surface area contributed by atoms with Crippen LogP contribution in [0.5, 0.6) is 5.75 Å². The number of anilines is 1. The van der Waals surface area contributed by atoms with Crippen LogP contribution in [0, 0.1) is 26.6 Å². The SMILES string of the molecule is COc1cccc(-c2cc(C(=O)Nc3ccc(C)c(C)c3)c(C)n2-c2ccc(F)cc2)c1. The fourth-order valence-corrected chi connectivity index (χ4v) is 3.77. The van der Waals surface area contributed by atoms with Crippen LogP contribution in [0.3, 0.4) is 0 Å². The molecular formula is C27H25FN2O2. The third-order valence-electron chi connectivity index (χ3n) is 5.71. The van der Waals surface area contributed by atoms with Gasteiger partial charge in [-0.05, 0) is 86.5 Å². The highest BCUT2D eigenvalue weighted by Gasteiger charge is 2.20. The largest absolute Gasteiger partial charge is 0.497 e. The van der Waals surface area contributed by atoms with E-state index < -0.39 is 0 Å². The standard InChI is InChI=1S/C27H25FN2O2/c1-17-8-11-22(14-18(17)2)29-27(31)25-16-26(20-6-5-7-24(15-20)32-4)30(19(25)3)23-12-9-21(28)10-13-23/h5-16H,1-4H3,(H,29,31). The van der Waals surface area contributed by atoms with Crippen molar-refractivity contribution in [3.05, 3.63) is 101 Å². The zero-order valence-corrected chi connectivity index (χ0v) is 18.6. The number of carbonyl (C=O) groups is 1. The topological polar surface area (TPSA) is 43.3 Å². The number of amides is 1. The maximum atomic E-state index is 13.6. The molecule has 4 aromatic rings. The number of carbonyl (C=O) groups excluding carboxylic acids is 1. The van der Waals surface area contributed by atoms with Gasteiger partial charge in [-0.1, -0.05) is 18.2 Å². The molecule has 0 unspecified atom stereocenters. The summed E-state index contributed by atoms with van der Waals surface area (Å²) in [5, 5.41) is 3.01. The lowest BCUT2D eigenvalue weighted by Crippen LogP contribution is -2.13. The number of hydrogen-bond donors (Lipinski definition) is 1. The van der Waals surface area contributed by atoms with Gasteiger partial charge >= 0.3 is 0 Å². The minimum atomic E-state index is -0.311. The smallest absolute Gasteiger partial charge is 0.257 e. The summed E-state index contributed by atoms with van der Waals surface area (Å²) < 4.78 is 20.9. The van der Waals surface area contributed by atoms with Crippen molar-refractivity contribution in [2.24, 2.45) is 0 Å². The Bertz CT molecular complexity index is 1290. The molecule has 0 aliphatic rings. The number of benzene rings is 3. The summed E-state index contributed by atoms with van der Waals surface area (Å²) in [6.07, 6.45) is 0. The number of rotatable bonds is 5. The Balaban J connectivity index is 1.82. The van der Waals surface area contributed by atoms with E-state index in [9.17, 15) is 9.18 Å². The quantitative estimate of drug-likeness (QED) is 0.396. The first kappa shape index (κ1) is 21.4. The van der Waals surface area contributed by atoms with Crippen LogP contribution in [0.15, 0.2) is 72.8 Å². The van der Waals surface area contributed by atoms with Crippen LogP contribution in [-0.4, -0.2) is 17.6 Å². The lowest BCUT2D eigenvalue weighted by molar-refractivity contribution is 0.102. The molecule has 0 radical (unpaired) electrons. The predicted molar refractivity (Wildman–Crippen MR) is 126 cm³/mol. The number of aromatic nitrogens is 1. The Kier molecular flexibility index (Phi) is 5.82. The highest BCUT2D eigenvalue weighted by Crippen LogP contribution is 2.32. The highest BCUT2D eigenvalue weighted by molar-refractivity contribution is 6.06. The van der Waals surface area contributed by atoms with Crippen molar-refractivity contribution in [2.75, 3.05) is 12.4 Å². The molecular weight excluding hydrogens is 403 g/mol. The molecule has 1 amide bonds. The summed E-state index contributed by atoms with van der Waals surface area (Å²) in [6.45, 7) is 5.94. The third kappa shape index (κ3) is 4.14. The Hall–Kier alpha value is -3.86. The van der Waals surface area contributed by atoms with Crippen molar-refractivity contribution in [1.29, 1.82) is 0 Å². The monoisotopic (exact) mass is 428 g/mol. The summed E-state index contributed by atoms with van der Waals surface area (Å²) in [4.78, 5) is 13.2. The highest BCUT2D eigenvalue weighted by atomic mass is 19.1. The lowest BCUT2D eigenvalue weighted by Gasteiger charge is -2.13. The molecule has 162 valence electrons. The molecule has 0 saturated heterocycles. The average molecular weight is 429 g/mol. The number of hydrogen-bond acceptors (Lipinski definition) is 2. The van der Waals surface area contributed by atoms with Crippen LogP contribution >= 0.6 is 0 Å². The molecule has 0 aliphatic carbocycles. The van der Waals surface area contributed by atoms with Crippen LogP contribution in [0.2, 0.25) is 0 Å². The second-order valence-corrected chi connectivity index (χ2v) is 7.83. The van der Waals surface area contributed by atoms with Gasteiger partial charge in [0.25, 0.3) is 5.91 Å². The van der Waals surface area contributed by atoms with E-state index in [2.05, 4.69) is 5.32 Å². The van der Waals surface area contributed by atoms with Gasteiger partial charge in [-0.2, -0.15) is 0 Å². The molecule has 1 heterocycles. The van der Waals surface area contributed by atoms with Crippen molar-refractivity contribution in [3.8, 4) is 22.7 Å². The summed E-state index contributed by atoms with van der Waals surface area (Å²) >= 11 is 0. The molecule has 0 fully saturated rings. The van der Waals surface area contributed by atoms with Gasteiger partial charge in [0.05, 0.1) is 18.4 Å². The molecule has 0 atom stereocenters. The lowest BCUT2D eigenvalue weighted by atomic mass is 10.1. The minimum Gasteiger partial charge on any atom is -0.497 e. The fourth-order valence-electron chi connectivity index (χ4n) is 3.77. The number of methoxy groups -OCH3 is 1. The van der Waals surface area contributed by atoms with Crippen LogP contribution in [0.4, 0.5) is 10.1 Å². The second kappa shape index (κ2) is 8.71. The maximum Gasteiger partial charge on any atom is 0.257 e. The summed E-state index contributed by atoms with van der Waals surface area (Å²) in [6, 6.07) is 21.6. The first-order valence-corrected chi connectivity index (χ1v) is 10.4. The zero-order chi connectivity index (χ0) is 22.8. The Morgan fingerprint density at radius 1 is 0.906 bits per heavy atom. The molecule has 0 saturated carbocycles. The number of aryl methyl sites for hydroxylation is 2. The second-order valence-electron chi connectivity index (χ2n) is 7.83. The van der Waals surface area contributed by atoms with E-state index in [1.165, 1.54) is 17.7 Å². The molecule has 0 bridgehead atoms. The average Bonchev–Trinajstić information content (AvgIpc) is 3.14. The molecule has 4 nitrogen and oxygen atoms in total. The van der Waals surface area contributed by atoms with E-state index in [4.69, 9.17) is 4.74 Å². The van der Waals surface area contributed by atoms with Crippen molar-refractivity contribution in [2.45, 2.75) is 20.8 Å². The van der Waals surface area contributed by atoms with Gasteiger partial charge in [0.1, 0.15) is 11.6 Å². The summed E-state index contributed by atoms with van der Waals surface area (Å²) in [7, 11) is 1.62. The molecule has 4 rings (SSSR count). The Morgan fingerprint density at radius 2 is 1.66 bits per heavy atom. The van der Waals surface area contributed by atoms with Crippen LogP contribution in [0.25, 0.3) is 16.9 Å². The van der Waals surface area contributed by atoms with Gasteiger partial charge in [-0.3, -0.25) is 4.79 Å². The molecule has 3 aromatic carbocycles. The summed E-state index contributed by atoms with van der Waals surface area (Å²) in [5.74, 6) is 0.207. The van der Waals surface area contributed by atoms with Crippen molar-refractivity contribution >= 4 is 11.6 Å². The van der Waals surface area contributed by atoms with E-state index in [0.29, 0.717) is 11.3 Å². The predicted octanol–water partition coefficient (Wildman–Crippen LogP) is 6.47. The summed E-state index contributed by atoms with van der Waals surface area (Å²) in [5.41, 5.74) is 6.81. The first-order valence-electron chi connectivity index (χ1n) is 10.4. The first-order chi connectivity index (χ1) is 15.4. The van der Waals surface area contributed by atoms with Gasteiger partial charge in [-0.15, -0.1) is 0 Å². The van der Waals surface area contributed by atoms with Crippen molar-refractivity contribution < 1.29 is 13.9 Å². The van der Waals surface area contributed by atoms with Gasteiger partial charge in [0, 0.05) is 22.6 Å². The number of halogens is 1. The number of nitrogens with one attached hydrogen (secondary N) is 1. The molecule has 5 heteroatoms. The van der Waals surface area contributed by atoms with E-state index in [0.717, 1.165) is 33.9 Å². The minimum absolute atomic E-state index is 0.198. The molecule has 0 spiro atoms. The number of ether oxygens (including phenoxy) is 1. The molecule has 1 aromatic heterocycles. The third-order valence-corrected chi connectivity index (χ3v) is 5.71. The molecule has 0 aliphatic heterocycles. The molecule has 32 heavy (non-hydrogen) atoms. The van der Waals surface area contributed by atoms with Gasteiger partial charge in [-0.25, -0.2) is 4.39 Å². The van der Waals surface area contributed by atoms with E-state index in [1.807, 2.05) is 73.9 Å². The number of nitrogens with zero attached hydrogens (tertiary/aromatic N) is 1. The van der Waals surface area contributed by atoms with Gasteiger partial charge in [0.15, 0.2) is 0 Å². The van der Waals surface area contributed by atoms with E-state index >= 15 is 0 Å². The maximum absolute atomic E-state index is 13.6. The normalized spacial score (nSPS) is 10.8. The van der Waals surface area contributed by atoms with E-state index in [1.54, 1.807) is 19.2 Å². The van der Waals surface area contributed by atoms with Crippen molar-refractivity contribution in [1.82, 2.24) is 4.57 Å². The fraction of sp³-hybridized carbons (Fsp3) is 0.148. The van der Waals surface area contributed by atoms with Crippen LogP contribution < -0.4 is 10.1 Å². The Morgan fingerprint density at radius 3 is 2.34 bits per heavy atom. The van der Waals surface area contributed by atoms with Crippen molar-refractivity contribution in [3.63, 3.8) is 0 Å². The van der Waals surface area contributed by atoms with Crippen LogP contribution in [0.1, 0.15) is 27.2 Å². The van der Waals surface area contributed by atoms with E-state index in [-0.39, 0.29) is 11.7 Å².